The lowest BCUT2D eigenvalue weighted by molar-refractivity contribution is -0.138. The number of rotatable bonds is 7. The van der Waals surface area contributed by atoms with Gasteiger partial charge in [-0.25, -0.2) is 4.39 Å². The number of carbonyl (C=O) groups is 2. The minimum atomic E-state index is -1.14. The van der Waals surface area contributed by atoms with E-state index in [1.165, 1.54) is 6.07 Å². The van der Waals surface area contributed by atoms with Crippen LogP contribution in [0.5, 0.6) is 0 Å². The first kappa shape index (κ1) is 36.1. The fourth-order valence-corrected chi connectivity index (χ4v) is 6.74. The summed E-state index contributed by atoms with van der Waals surface area (Å²) in [4.78, 5) is 27.9. The molecular weight excluding hydrogens is 634 g/mol. The smallest absolute Gasteiger partial charge is 0.293 e. The van der Waals surface area contributed by atoms with Gasteiger partial charge in [-0.3, -0.25) is 14.5 Å². The number of likely N-dealkylation sites (tertiary alicyclic amines) is 1. The molecule has 4 atom stereocenters. The van der Waals surface area contributed by atoms with Gasteiger partial charge in [-0.1, -0.05) is 144 Å². The number of halogens is 3. The van der Waals surface area contributed by atoms with Crippen molar-refractivity contribution >= 4 is 41.3 Å². The van der Waals surface area contributed by atoms with E-state index in [1.54, 1.807) is 24.3 Å². The highest BCUT2D eigenvalue weighted by molar-refractivity contribution is 6.31. The SMILES string of the molecule is CC.CC(C)(C)C.O=COC(c1ccccc1)C(c1ccccc1)N1CC(c2cccc(Cl)c2F)C2(C1)C(=O)Nc1cc(Cl)ccc12. The van der Waals surface area contributed by atoms with E-state index in [4.69, 9.17) is 27.9 Å². The van der Waals surface area contributed by atoms with E-state index in [-0.39, 0.29) is 17.5 Å². The lowest BCUT2D eigenvalue weighted by Gasteiger charge is -2.35. The summed E-state index contributed by atoms with van der Waals surface area (Å²) in [5.41, 5.74) is 2.77. The van der Waals surface area contributed by atoms with Gasteiger partial charge in [0.05, 0.1) is 16.5 Å². The number of hydrogen-bond acceptors (Lipinski definition) is 4. The van der Waals surface area contributed by atoms with E-state index in [9.17, 15) is 9.59 Å². The molecule has 2 heterocycles. The van der Waals surface area contributed by atoms with E-state index in [0.29, 0.717) is 34.7 Å². The lowest BCUT2D eigenvalue weighted by atomic mass is 9.70. The minimum Gasteiger partial charge on any atom is -0.458 e. The predicted molar refractivity (Wildman–Crippen MR) is 189 cm³/mol. The van der Waals surface area contributed by atoms with Crippen LogP contribution < -0.4 is 5.32 Å². The van der Waals surface area contributed by atoms with Gasteiger partial charge >= 0.3 is 0 Å². The van der Waals surface area contributed by atoms with Crippen molar-refractivity contribution < 1.29 is 18.7 Å². The van der Waals surface area contributed by atoms with Crippen LogP contribution in [0.3, 0.4) is 0 Å². The van der Waals surface area contributed by atoms with E-state index >= 15 is 4.39 Å². The Morgan fingerprint density at radius 3 is 2.11 bits per heavy atom. The molecule has 8 heteroatoms. The van der Waals surface area contributed by atoms with Gasteiger partial charge in [-0.05, 0) is 45.9 Å². The van der Waals surface area contributed by atoms with Crippen LogP contribution in [0.4, 0.5) is 10.1 Å². The number of ether oxygens (including phenoxy) is 1. The van der Waals surface area contributed by atoms with Crippen LogP contribution in [0.1, 0.15) is 81.9 Å². The van der Waals surface area contributed by atoms with Gasteiger partial charge in [0, 0.05) is 29.7 Å². The van der Waals surface area contributed by atoms with Crippen molar-refractivity contribution in [3.63, 3.8) is 0 Å². The molecule has 1 N–H and O–H groups in total. The molecular formula is C39H43Cl2FN2O3. The summed E-state index contributed by atoms with van der Waals surface area (Å²) in [5.74, 6) is -1.38. The van der Waals surface area contributed by atoms with Crippen molar-refractivity contribution in [1.29, 1.82) is 0 Å². The predicted octanol–water partition coefficient (Wildman–Crippen LogP) is 10.2. The van der Waals surface area contributed by atoms with Crippen molar-refractivity contribution in [2.45, 2.75) is 65.0 Å². The van der Waals surface area contributed by atoms with Crippen LogP contribution in [0.25, 0.3) is 0 Å². The van der Waals surface area contributed by atoms with Crippen LogP contribution >= 0.6 is 23.2 Å². The molecule has 5 nitrogen and oxygen atoms in total. The van der Waals surface area contributed by atoms with Gasteiger partial charge in [0.1, 0.15) is 11.9 Å². The quantitative estimate of drug-likeness (QED) is 0.198. The van der Waals surface area contributed by atoms with E-state index < -0.39 is 29.3 Å². The van der Waals surface area contributed by atoms with E-state index in [0.717, 1.165) is 16.7 Å². The Balaban J connectivity index is 0.000000655. The zero-order valence-corrected chi connectivity index (χ0v) is 29.3. The average molecular weight is 678 g/mol. The van der Waals surface area contributed by atoms with Gasteiger partial charge in [0.2, 0.25) is 5.91 Å². The summed E-state index contributed by atoms with van der Waals surface area (Å²) in [6.45, 7) is 13.8. The van der Waals surface area contributed by atoms with Gasteiger partial charge in [-0.2, -0.15) is 0 Å². The molecule has 6 rings (SSSR count). The third-order valence-corrected chi connectivity index (χ3v) is 8.62. The van der Waals surface area contributed by atoms with Gasteiger partial charge in [-0.15, -0.1) is 0 Å². The first-order chi connectivity index (χ1) is 22.4. The molecule has 47 heavy (non-hydrogen) atoms. The molecule has 2 aliphatic heterocycles. The molecule has 0 aromatic heterocycles. The third-order valence-electron chi connectivity index (χ3n) is 8.09. The highest BCUT2D eigenvalue weighted by Crippen LogP contribution is 2.55. The maximum atomic E-state index is 15.7. The normalized spacial score (nSPS) is 19.8. The molecule has 4 unspecified atom stereocenters. The Kier molecular flexibility index (Phi) is 11.9. The van der Waals surface area contributed by atoms with Crippen LogP contribution in [0, 0.1) is 11.2 Å². The first-order valence-electron chi connectivity index (χ1n) is 15.9. The fraction of sp³-hybridized carbons (Fsp3) is 0.333. The van der Waals surface area contributed by atoms with Crippen LogP contribution in [0.2, 0.25) is 10.0 Å². The first-order valence-corrected chi connectivity index (χ1v) is 16.7. The largest absolute Gasteiger partial charge is 0.458 e. The van der Waals surface area contributed by atoms with Crippen molar-refractivity contribution in [3.05, 3.63) is 135 Å². The average Bonchev–Trinajstić information content (AvgIpc) is 3.56. The summed E-state index contributed by atoms with van der Waals surface area (Å²) in [7, 11) is 0. The molecule has 0 radical (unpaired) electrons. The number of nitrogens with one attached hydrogen (secondary N) is 1. The van der Waals surface area contributed by atoms with Gasteiger partial charge < -0.3 is 10.1 Å². The van der Waals surface area contributed by atoms with Crippen LogP contribution in [0.15, 0.2) is 97.1 Å². The molecule has 4 aromatic carbocycles. The minimum absolute atomic E-state index is 0.00751. The second kappa shape index (κ2) is 15.5. The summed E-state index contributed by atoms with van der Waals surface area (Å²) in [6.07, 6.45) is -0.685. The van der Waals surface area contributed by atoms with Crippen LogP contribution in [-0.2, 0) is 19.7 Å². The summed E-state index contributed by atoms with van der Waals surface area (Å²) < 4.78 is 21.4. The molecule has 0 aliphatic carbocycles. The summed E-state index contributed by atoms with van der Waals surface area (Å²) in [6, 6.07) is 28.9. The Bertz CT molecular complexity index is 1660. The maximum absolute atomic E-state index is 15.7. The number of hydrogen-bond donors (Lipinski definition) is 1. The number of nitrogens with zero attached hydrogens (tertiary/aromatic N) is 1. The molecule has 4 aromatic rings. The highest BCUT2D eigenvalue weighted by Gasteiger charge is 2.60. The van der Waals surface area contributed by atoms with Crippen molar-refractivity contribution in [3.8, 4) is 0 Å². The van der Waals surface area contributed by atoms with E-state index in [2.05, 4.69) is 37.9 Å². The third kappa shape index (κ3) is 7.89. The molecule has 248 valence electrons. The monoisotopic (exact) mass is 676 g/mol. The molecule has 0 saturated carbocycles. The Morgan fingerprint density at radius 2 is 1.51 bits per heavy atom. The van der Waals surface area contributed by atoms with Crippen molar-refractivity contribution in [2.75, 3.05) is 18.4 Å². The van der Waals surface area contributed by atoms with Crippen molar-refractivity contribution in [1.82, 2.24) is 4.90 Å². The highest BCUT2D eigenvalue weighted by atomic mass is 35.5. The van der Waals surface area contributed by atoms with Gasteiger partial charge in [0.15, 0.2) is 0 Å². The lowest BCUT2D eigenvalue weighted by Crippen LogP contribution is -2.42. The zero-order valence-electron chi connectivity index (χ0n) is 27.8. The molecule has 2 aliphatic rings. The summed E-state index contributed by atoms with van der Waals surface area (Å²) >= 11 is 12.5. The van der Waals surface area contributed by atoms with Gasteiger partial charge in [0.25, 0.3) is 6.47 Å². The Morgan fingerprint density at radius 1 is 0.915 bits per heavy atom. The topological polar surface area (TPSA) is 58.6 Å². The number of benzene rings is 4. The van der Waals surface area contributed by atoms with E-state index in [1.807, 2.05) is 80.6 Å². The molecule has 0 bridgehead atoms. The number of carbonyl (C=O) groups excluding carboxylic acids is 2. The standard InChI is InChI=1S/C32H25Cl2FN2O3.C5H12.C2H6/c33-22-14-15-24-27(16-22)36-31(39)32(24)18-37(17-25(32)23-12-7-13-26(34)28(23)35)29(20-8-3-1-4-9-20)30(40-19-38)21-10-5-2-6-11-21;1-5(2,3)4;1-2/h1-16,19,25,29-30H,17-18H2,(H,36,39);1-4H3;1-2H3. The molecule has 1 spiro atoms. The second-order valence-electron chi connectivity index (χ2n) is 13.2. The molecule has 1 fully saturated rings. The Hall–Kier alpha value is -3.71. The maximum Gasteiger partial charge on any atom is 0.293 e. The van der Waals surface area contributed by atoms with Crippen molar-refractivity contribution in [2.24, 2.45) is 5.41 Å². The molecule has 1 saturated heterocycles. The Labute approximate surface area is 288 Å². The van der Waals surface area contributed by atoms with Crippen LogP contribution in [-0.4, -0.2) is 30.4 Å². The number of fused-ring (bicyclic) bond motifs is 2. The molecule has 1 amide bonds. The zero-order chi connectivity index (χ0) is 34.4. The number of anilines is 1. The number of amides is 1. The fourth-order valence-electron chi connectivity index (χ4n) is 6.38. The second-order valence-corrected chi connectivity index (χ2v) is 14.0. The summed E-state index contributed by atoms with van der Waals surface area (Å²) in [5, 5.41) is 3.48.